The minimum atomic E-state index is -0.130. The normalized spacial score (nSPS) is 10.5. The summed E-state index contributed by atoms with van der Waals surface area (Å²) in [5.41, 5.74) is 0. The van der Waals surface area contributed by atoms with E-state index in [4.69, 9.17) is 9.47 Å². The molecule has 1 amide bonds. The van der Waals surface area contributed by atoms with Gasteiger partial charge >= 0.3 is 0 Å². The van der Waals surface area contributed by atoms with Crippen LogP contribution in [-0.4, -0.2) is 37.8 Å². The van der Waals surface area contributed by atoms with Gasteiger partial charge in [0.15, 0.2) is 0 Å². The Labute approximate surface area is 105 Å². The predicted molar refractivity (Wildman–Crippen MR) is 66.0 cm³/mol. The Morgan fingerprint density at radius 1 is 1.53 bits per heavy atom. The fourth-order valence-corrected chi connectivity index (χ4v) is 1.93. The Morgan fingerprint density at radius 2 is 2.35 bits per heavy atom. The first-order valence-electron chi connectivity index (χ1n) is 5.53. The van der Waals surface area contributed by atoms with E-state index in [-0.39, 0.29) is 12.5 Å². The van der Waals surface area contributed by atoms with Gasteiger partial charge in [-0.3, -0.25) is 4.79 Å². The number of methoxy groups -OCH3 is 1. The molecule has 0 unspecified atom stereocenters. The van der Waals surface area contributed by atoms with Gasteiger partial charge in [0.1, 0.15) is 11.6 Å². The van der Waals surface area contributed by atoms with Gasteiger partial charge in [0.05, 0.1) is 19.8 Å². The lowest BCUT2D eigenvalue weighted by molar-refractivity contribution is -0.126. The lowest BCUT2D eigenvalue weighted by Crippen LogP contribution is -2.27. The summed E-state index contributed by atoms with van der Waals surface area (Å²) in [4.78, 5) is 16.8. The summed E-state index contributed by atoms with van der Waals surface area (Å²) in [6.07, 6.45) is 2.83. The smallest absolute Gasteiger partial charge is 0.246 e. The lowest BCUT2D eigenvalue weighted by atomic mass is 10.4. The summed E-state index contributed by atoms with van der Waals surface area (Å²) >= 11 is 1.62. The molecular weight excluding hydrogens is 240 g/mol. The maximum absolute atomic E-state index is 11.4. The third kappa shape index (κ3) is 5.76. The second-order valence-electron chi connectivity index (χ2n) is 3.40. The molecule has 0 aromatic carbocycles. The van der Waals surface area contributed by atoms with Gasteiger partial charge in [-0.2, -0.15) is 0 Å². The maximum atomic E-state index is 11.4. The highest BCUT2D eigenvalue weighted by Gasteiger charge is 2.04. The van der Waals surface area contributed by atoms with Gasteiger partial charge in [0.25, 0.3) is 0 Å². The summed E-state index contributed by atoms with van der Waals surface area (Å²) in [5.74, 6) is -0.130. The van der Waals surface area contributed by atoms with Crippen molar-refractivity contribution < 1.29 is 14.3 Å². The minimum Gasteiger partial charge on any atom is -0.382 e. The molecule has 0 bridgehead atoms. The summed E-state index contributed by atoms with van der Waals surface area (Å²) in [6.45, 7) is 3.55. The molecule has 0 aliphatic carbocycles. The van der Waals surface area contributed by atoms with Crippen LogP contribution >= 0.6 is 11.3 Å². The zero-order valence-electron chi connectivity index (χ0n) is 10.2. The molecule has 1 aromatic rings. The standard InChI is InChI=1S/C11H18N2O3S/c1-3-9-6-13-11(17-9)7-12-10(14)8-16-5-4-15-2/h6H,3-5,7-8H2,1-2H3,(H,12,14). The number of nitrogens with one attached hydrogen (secondary N) is 1. The van der Waals surface area contributed by atoms with Gasteiger partial charge in [-0.15, -0.1) is 11.3 Å². The van der Waals surface area contributed by atoms with E-state index in [0.29, 0.717) is 19.8 Å². The molecule has 0 aliphatic heterocycles. The van der Waals surface area contributed by atoms with Crippen LogP contribution < -0.4 is 5.32 Å². The number of hydrogen-bond acceptors (Lipinski definition) is 5. The first-order valence-corrected chi connectivity index (χ1v) is 6.34. The van der Waals surface area contributed by atoms with Crippen molar-refractivity contribution in [3.63, 3.8) is 0 Å². The average Bonchev–Trinajstić information content (AvgIpc) is 2.80. The van der Waals surface area contributed by atoms with Crippen LogP contribution in [0.4, 0.5) is 0 Å². The third-order valence-corrected chi connectivity index (χ3v) is 3.19. The fraction of sp³-hybridized carbons (Fsp3) is 0.636. The zero-order valence-corrected chi connectivity index (χ0v) is 11.0. The number of carbonyl (C=O) groups excluding carboxylic acids is 1. The quantitative estimate of drug-likeness (QED) is 0.706. The number of aryl methyl sites for hydroxylation is 1. The molecule has 17 heavy (non-hydrogen) atoms. The molecule has 0 fully saturated rings. The lowest BCUT2D eigenvalue weighted by Gasteiger charge is -2.04. The van der Waals surface area contributed by atoms with Crippen LogP contribution in [0.25, 0.3) is 0 Å². The van der Waals surface area contributed by atoms with Crippen molar-refractivity contribution in [2.45, 2.75) is 19.9 Å². The fourth-order valence-electron chi connectivity index (χ4n) is 1.13. The van der Waals surface area contributed by atoms with Crippen LogP contribution in [0.1, 0.15) is 16.8 Å². The summed E-state index contributed by atoms with van der Waals surface area (Å²) in [7, 11) is 1.59. The molecule has 1 heterocycles. The molecule has 0 saturated carbocycles. The molecule has 96 valence electrons. The van der Waals surface area contributed by atoms with E-state index in [2.05, 4.69) is 17.2 Å². The monoisotopic (exact) mass is 258 g/mol. The maximum Gasteiger partial charge on any atom is 0.246 e. The molecule has 0 saturated heterocycles. The number of ether oxygens (including phenoxy) is 2. The van der Waals surface area contributed by atoms with Crippen LogP contribution in [0.2, 0.25) is 0 Å². The van der Waals surface area contributed by atoms with Crippen LogP contribution in [0.5, 0.6) is 0 Å². The minimum absolute atomic E-state index is 0.0649. The zero-order chi connectivity index (χ0) is 12.5. The van der Waals surface area contributed by atoms with Crippen molar-refractivity contribution in [3.05, 3.63) is 16.1 Å². The Bertz CT molecular complexity index is 341. The van der Waals surface area contributed by atoms with E-state index in [1.807, 2.05) is 6.20 Å². The van der Waals surface area contributed by atoms with Crippen molar-refractivity contribution in [1.82, 2.24) is 10.3 Å². The van der Waals surface area contributed by atoms with Crippen molar-refractivity contribution in [2.75, 3.05) is 26.9 Å². The highest BCUT2D eigenvalue weighted by molar-refractivity contribution is 7.11. The molecular formula is C11H18N2O3S. The van der Waals surface area contributed by atoms with Crippen LogP contribution in [-0.2, 0) is 27.2 Å². The van der Waals surface area contributed by atoms with E-state index in [9.17, 15) is 4.79 Å². The Morgan fingerprint density at radius 3 is 3.00 bits per heavy atom. The van der Waals surface area contributed by atoms with E-state index >= 15 is 0 Å². The second kappa shape index (κ2) is 8.16. The van der Waals surface area contributed by atoms with E-state index in [1.54, 1.807) is 18.4 Å². The van der Waals surface area contributed by atoms with Crippen LogP contribution in [0.15, 0.2) is 6.20 Å². The Hall–Kier alpha value is -0.980. The first-order chi connectivity index (χ1) is 8.26. The van der Waals surface area contributed by atoms with Gasteiger partial charge in [0, 0.05) is 18.2 Å². The second-order valence-corrected chi connectivity index (χ2v) is 4.60. The average molecular weight is 258 g/mol. The molecule has 0 spiro atoms. The summed E-state index contributed by atoms with van der Waals surface area (Å²) in [5, 5.41) is 3.68. The number of amides is 1. The molecule has 1 aromatic heterocycles. The Balaban J connectivity index is 2.14. The molecule has 6 heteroatoms. The van der Waals surface area contributed by atoms with Gasteiger partial charge < -0.3 is 14.8 Å². The highest BCUT2D eigenvalue weighted by atomic mass is 32.1. The summed E-state index contributed by atoms with van der Waals surface area (Å²) < 4.78 is 9.90. The van der Waals surface area contributed by atoms with E-state index < -0.39 is 0 Å². The van der Waals surface area contributed by atoms with Gasteiger partial charge in [0.2, 0.25) is 5.91 Å². The highest BCUT2D eigenvalue weighted by Crippen LogP contribution is 2.12. The Kier molecular flexibility index (Phi) is 6.76. The summed E-state index contributed by atoms with van der Waals surface area (Å²) in [6, 6.07) is 0. The number of carbonyl (C=O) groups is 1. The van der Waals surface area contributed by atoms with Crippen molar-refractivity contribution in [3.8, 4) is 0 Å². The van der Waals surface area contributed by atoms with Crippen LogP contribution in [0, 0.1) is 0 Å². The predicted octanol–water partition coefficient (Wildman–Crippen LogP) is 0.985. The largest absolute Gasteiger partial charge is 0.382 e. The topological polar surface area (TPSA) is 60.5 Å². The molecule has 0 aliphatic rings. The molecule has 5 nitrogen and oxygen atoms in total. The number of nitrogens with zero attached hydrogens (tertiary/aromatic N) is 1. The van der Waals surface area contributed by atoms with Crippen molar-refractivity contribution >= 4 is 17.2 Å². The van der Waals surface area contributed by atoms with Crippen molar-refractivity contribution in [1.29, 1.82) is 0 Å². The molecule has 0 radical (unpaired) electrons. The van der Waals surface area contributed by atoms with Crippen LogP contribution in [0.3, 0.4) is 0 Å². The van der Waals surface area contributed by atoms with E-state index in [0.717, 1.165) is 11.4 Å². The van der Waals surface area contributed by atoms with Gasteiger partial charge in [-0.25, -0.2) is 4.98 Å². The number of rotatable bonds is 8. The van der Waals surface area contributed by atoms with E-state index in [1.165, 1.54) is 4.88 Å². The molecule has 1 N–H and O–H groups in total. The first kappa shape index (κ1) is 14.1. The number of hydrogen-bond donors (Lipinski definition) is 1. The SMILES string of the molecule is CCc1cnc(CNC(=O)COCCOC)s1. The number of aromatic nitrogens is 1. The third-order valence-electron chi connectivity index (χ3n) is 2.05. The van der Waals surface area contributed by atoms with Gasteiger partial charge in [-0.05, 0) is 6.42 Å². The van der Waals surface area contributed by atoms with Crippen molar-refractivity contribution in [2.24, 2.45) is 0 Å². The molecule has 0 atom stereocenters. The number of thiazole rings is 1. The van der Waals surface area contributed by atoms with Gasteiger partial charge in [-0.1, -0.05) is 6.92 Å². The molecule has 1 rings (SSSR count).